The Labute approximate surface area is 193 Å². The second-order valence-corrected chi connectivity index (χ2v) is 8.92. The first-order valence-corrected chi connectivity index (χ1v) is 10.5. The molecule has 2 unspecified atom stereocenters. The molecule has 2 atom stereocenters. The van der Waals surface area contributed by atoms with Crippen molar-refractivity contribution in [3.05, 3.63) is 41.7 Å². The Kier molecular flexibility index (Phi) is 7.08. The maximum Gasteiger partial charge on any atom is 0.451 e. The predicted octanol–water partition coefficient (Wildman–Crippen LogP) is 3.83. The summed E-state index contributed by atoms with van der Waals surface area (Å²) in [6.07, 6.45) is -4.85. The third-order valence-corrected chi connectivity index (χ3v) is 4.91. The van der Waals surface area contributed by atoms with Crippen LogP contribution in [0.4, 0.5) is 22.4 Å². The first-order valence-electron chi connectivity index (χ1n) is 10.5. The van der Waals surface area contributed by atoms with Crippen molar-refractivity contribution in [2.75, 3.05) is 6.54 Å². The van der Waals surface area contributed by atoms with E-state index in [-0.39, 0.29) is 19.5 Å². The molecule has 0 aromatic carbocycles. The number of alkyl halides is 4. The highest BCUT2D eigenvalue weighted by atomic mass is 19.4. The molecule has 0 aliphatic carbocycles. The number of aryl methyl sites for hydroxylation is 1. The van der Waals surface area contributed by atoms with E-state index >= 15 is 0 Å². The lowest BCUT2D eigenvalue weighted by molar-refractivity contribution is -0.145. The number of rotatable bonds is 4. The molecular weight excluding hydrogens is 458 g/mol. The van der Waals surface area contributed by atoms with Crippen molar-refractivity contribution in [3.63, 3.8) is 0 Å². The zero-order valence-electron chi connectivity index (χ0n) is 19.1. The van der Waals surface area contributed by atoms with Crippen LogP contribution in [0.1, 0.15) is 44.4 Å². The molecule has 0 bridgehead atoms. The van der Waals surface area contributed by atoms with Gasteiger partial charge in [0.05, 0.1) is 12.2 Å². The van der Waals surface area contributed by atoms with E-state index in [2.05, 4.69) is 20.3 Å². The van der Waals surface area contributed by atoms with Crippen LogP contribution in [-0.4, -0.2) is 56.2 Å². The number of ether oxygens (including phenoxy) is 1. The van der Waals surface area contributed by atoms with Gasteiger partial charge in [-0.3, -0.25) is 14.7 Å². The fourth-order valence-corrected chi connectivity index (χ4v) is 3.49. The van der Waals surface area contributed by atoms with Crippen LogP contribution in [-0.2, 0) is 22.3 Å². The van der Waals surface area contributed by atoms with Gasteiger partial charge in [-0.1, -0.05) is 0 Å². The first-order chi connectivity index (χ1) is 15.7. The summed E-state index contributed by atoms with van der Waals surface area (Å²) in [4.78, 5) is 37.2. The summed E-state index contributed by atoms with van der Waals surface area (Å²) in [5.74, 6) is -1.94. The lowest BCUT2D eigenvalue weighted by atomic mass is 10.1. The van der Waals surface area contributed by atoms with Crippen molar-refractivity contribution < 1.29 is 31.9 Å². The molecular formula is C22H25F4N5O3. The van der Waals surface area contributed by atoms with E-state index in [0.717, 1.165) is 17.3 Å². The van der Waals surface area contributed by atoms with Crippen molar-refractivity contribution in [2.24, 2.45) is 0 Å². The van der Waals surface area contributed by atoms with Gasteiger partial charge < -0.3 is 10.1 Å². The molecule has 34 heavy (non-hydrogen) atoms. The summed E-state index contributed by atoms with van der Waals surface area (Å²) < 4.78 is 57.8. The second kappa shape index (κ2) is 9.51. The quantitative estimate of drug-likeness (QED) is 0.664. The smallest absolute Gasteiger partial charge is 0.444 e. The van der Waals surface area contributed by atoms with Gasteiger partial charge in [0, 0.05) is 30.2 Å². The summed E-state index contributed by atoms with van der Waals surface area (Å²) in [7, 11) is 0. The van der Waals surface area contributed by atoms with E-state index in [1.165, 1.54) is 0 Å². The van der Waals surface area contributed by atoms with Crippen LogP contribution in [0.25, 0.3) is 11.1 Å². The van der Waals surface area contributed by atoms with Crippen LogP contribution in [0.5, 0.6) is 0 Å². The average molecular weight is 483 g/mol. The molecule has 3 heterocycles. The van der Waals surface area contributed by atoms with E-state index < -0.39 is 41.8 Å². The van der Waals surface area contributed by atoms with Gasteiger partial charge in [0.25, 0.3) is 0 Å². The van der Waals surface area contributed by atoms with Crippen molar-refractivity contribution in [2.45, 2.75) is 64.7 Å². The van der Waals surface area contributed by atoms with E-state index in [9.17, 15) is 27.2 Å². The first kappa shape index (κ1) is 25.3. The van der Waals surface area contributed by atoms with Crippen LogP contribution in [0.2, 0.25) is 0 Å². The number of nitrogens with zero attached hydrogens (tertiary/aromatic N) is 4. The molecule has 1 aliphatic heterocycles. The Morgan fingerprint density at radius 1 is 1.15 bits per heavy atom. The second-order valence-electron chi connectivity index (χ2n) is 8.92. The van der Waals surface area contributed by atoms with Crippen molar-refractivity contribution in [1.29, 1.82) is 0 Å². The molecule has 8 nitrogen and oxygen atoms in total. The Morgan fingerprint density at radius 2 is 1.79 bits per heavy atom. The number of aromatic nitrogens is 3. The van der Waals surface area contributed by atoms with Gasteiger partial charge in [-0.25, -0.2) is 19.2 Å². The van der Waals surface area contributed by atoms with Gasteiger partial charge in [0.15, 0.2) is 0 Å². The zero-order valence-corrected chi connectivity index (χ0v) is 19.1. The van der Waals surface area contributed by atoms with Crippen molar-refractivity contribution in [3.8, 4) is 11.1 Å². The maximum atomic E-state index is 14.5. The van der Waals surface area contributed by atoms with Gasteiger partial charge in [0.1, 0.15) is 17.8 Å². The third kappa shape index (κ3) is 6.17. The van der Waals surface area contributed by atoms with Gasteiger partial charge in [-0.2, -0.15) is 13.2 Å². The minimum atomic E-state index is -4.65. The summed E-state index contributed by atoms with van der Waals surface area (Å²) >= 11 is 0. The Balaban J connectivity index is 1.72. The number of nitrogens with one attached hydrogen (secondary N) is 1. The topological polar surface area (TPSA) is 97.3 Å². The monoisotopic (exact) mass is 483 g/mol. The maximum absolute atomic E-state index is 14.5. The van der Waals surface area contributed by atoms with Crippen LogP contribution in [0, 0.1) is 6.92 Å². The minimum absolute atomic E-state index is 0.0120. The van der Waals surface area contributed by atoms with Crippen molar-refractivity contribution in [1.82, 2.24) is 25.2 Å². The largest absolute Gasteiger partial charge is 0.451 e. The van der Waals surface area contributed by atoms with Crippen LogP contribution < -0.4 is 5.32 Å². The number of hydrogen-bond donors (Lipinski definition) is 1. The van der Waals surface area contributed by atoms with Gasteiger partial charge in [0.2, 0.25) is 11.7 Å². The van der Waals surface area contributed by atoms with Gasteiger partial charge >= 0.3 is 12.3 Å². The van der Waals surface area contributed by atoms with E-state index in [0.29, 0.717) is 22.5 Å². The lowest BCUT2D eigenvalue weighted by Gasteiger charge is -2.28. The van der Waals surface area contributed by atoms with E-state index in [1.54, 1.807) is 39.8 Å². The Morgan fingerprint density at radius 3 is 2.38 bits per heavy atom. The summed E-state index contributed by atoms with van der Waals surface area (Å²) in [6, 6.07) is 1.87. The fraction of sp³-hybridized carbons (Fsp3) is 0.500. The molecule has 3 rings (SSSR count). The zero-order chi connectivity index (χ0) is 25.3. The van der Waals surface area contributed by atoms with Crippen LogP contribution >= 0.6 is 0 Å². The number of pyridine rings is 1. The highest BCUT2D eigenvalue weighted by Crippen LogP contribution is 2.28. The average Bonchev–Trinajstić information content (AvgIpc) is 3.11. The highest BCUT2D eigenvalue weighted by Gasteiger charge is 2.43. The molecule has 2 aromatic rings. The molecule has 2 aromatic heterocycles. The lowest BCUT2D eigenvalue weighted by Crippen LogP contribution is -2.50. The highest BCUT2D eigenvalue weighted by molar-refractivity contribution is 5.87. The molecule has 0 saturated carbocycles. The van der Waals surface area contributed by atoms with Crippen LogP contribution in [0.15, 0.2) is 24.5 Å². The predicted molar refractivity (Wildman–Crippen MR) is 113 cm³/mol. The molecule has 184 valence electrons. The molecule has 0 radical (unpaired) electrons. The summed E-state index contributed by atoms with van der Waals surface area (Å²) in [6.45, 7) is 6.66. The molecule has 2 amide bonds. The normalized spacial score (nSPS) is 18.6. The summed E-state index contributed by atoms with van der Waals surface area (Å²) in [5, 5.41) is 2.58. The summed E-state index contributed by atoms with van der Waals surface area (Å²) in [5.41, 5.74) is 0.977. The van der Waals surface area contributed by atoms with Crippen molar-refractivity contribution >= 4 is 12.0 Å². The molecule has 1 aliphatic rings. The van der Waals surface area contributed by atoms with Gasteiger partial charge in [-0.15, -0.1) is 0 Å². The molecule has 1 saturated heterocycles. The SMILES string of the molecule is Cc1cc(-c2cnc(C(F)(F)F)nc2)cc(CNC(=O)C2C(F)CCN2C(=O)OC(C)(C)C)n1. The number of likely N-dealkylation sites (tertiary alicyclic amines) is 1. The Bertz CT molecular complexity index is 1050. The fourth-order valence-electron chi connectivity index (χ4n) is 3.49. The number of amides is 2. The standard InChI is InChI=1S/C22H25F4N5O3/c1-12-7-13(14-9-28-19(29-10-14)22(24,25)26)8-15(30-12)11-27-18(32)17-16(23)5-6-31(17)20(33)34-21(2,3)4/h7-10,16-17H,5-6,11H2,1-4H3,(H,27,32). The third-order valence-electron chi connectivity index (χ3n) is 4.91. The van der Waals surface area contributed by atoms with Gasteiger partial charge in [-0.05, 0) is 51.8 Å². The number of halogens is 4. The Hall–Kier alpha value is -3.31. The number of carbonyl (C=O) groups is 2. The molecule has 1 fully saturated rings. The molecule has 0 spiro atoms. The number of hydrogen-bond acceptors (Lipinski definition) is 6. The molecule has 1 N–H and O–H groups in total. The van der Waals surface area contributed by atoms with E-state index in [1.807, 2.05) is 0 Å². The van der Waals surface area contributed by atoms with E-state index in [4.69, 9.17) is 4.74 Å². The minimum Gasteiger partial charge on any atom is -0.444 e. The van der Waals surface area contributed by atoms with Crippen LogP contribution in [0.3, 0.4) is 0 Å². The molecule has 12 heteroatoms. The number of carbonyl (C=O) groups excluding carboxylic acids is 2.